The summed E-state index contributed by atoms with van der Waals surface area (Å²) in [4.78, 5) is 4.18. The number of rotatable bonds is 3. The van der Waals surface area contributed by atoms with E-state index in [1.165, 1.54) is 21.9 Å². The molecular weight excluding hydrogens is 452 g/mol. The van der Waals surface area contributed by atoms with Gasteiger partial charge in [-0.3, -0.25) is 4.98 Å². The monoisotopic (exact) mass is 472 g/mol. The first-order valence-corrected chi connectivity index (χ1v) is 12.2. The highest BCUT2D eigenvalue weighted by atomic mass is 16.3. The summed E-state index contributed by atoms with van der Waals surface area (Å²) in [5.74, 6) is 0. The molecule has 0 N–H and O–H groups in total. The molecule has 172 valence electrons. The number of hydrogen-bond acceptors (Lipinski definition) is 3. The highest BCUT2D eigenvalue weighted by Gasteiger charge is 2.15. The molecule has 0 saturated heterocycles. The van der Waals surface area contributed by atoms with Crippen molar-refractivity contribution < 1.29 is 4.42 Å². The molecule has 0 radical (unpaired) electrons. The van der Waals surface area contributed by atoms with E-state index in [-0.39, 0.29) is 0 Å². The number of nitriles is 1. The summed E-state index contributed by atoms with van der Waals surface area (Å²) in [5, 5.41) is 13.9. The van der Waals surface area contributed by atoms with Crippen LogP contribution in [0.2, 0.25) is 0 Å². The lowest BCUT2D eigenvalue weighted by atomic mass is 9.94. The van der Waals surface area contributed by atoms with Gasteiger partial charge in [-0.15, -0.1) is 0 Å². The van der Waals surface area contributed by atoms with E-state index in [1.807, 2.05) is 12.1 Å². The van der Waals surface area contributed by atoms with Crippen molar-refractivity contribution in [1.82, 2.24) is 4.98 Å². The van der Waals surface area contributed by atoms with Crippen LogP contribution in [-0.4, -0.2) is 4.98 Å². The molecule has 0 amide bonds. The zero-order valence-electron chi connectivity index (χ0n) is 19.8. The van der Waals surface area contributed by atoms with Crippen LogP contribution in [0.5, 0.6) is 0 Å². The van der Waals surface area contributed by atoms with Gasteiger partial charge in [-0.25, -0.2) is 0 Å². The van der Waals surface area contributed by atoms with Crippen molar-refractivity contribution in [3.63, 3.8) is 0 Å². The van der Waals surface area contributed by atoms with Gasteiger partial charge in [0, 0.05) is 28.7 Å². The van der Waals surface area contributed by atoms with Crippen LogP contribution in [0, 0.1) is 11.3 Å². The van der Waals surface area contributed by atoms with E-state index in [0.717, 1.165) is 44.2 Å². The van der Waals surface area contributed by atoms with Crippen LogP contribution in [0.15, 0.2) is 126 Å². The average Bonchev–Trinajstić information content (AvgIpc) is 3.35. The van der Waals surface area contributed by atoms with Gasteiger partial charge in [0.25, 0.3) is 0 Å². The Balaban J connectivity index is 1.35. The number of pyridine rings is 1. The van der Waals surface area contributed by atoms with Crippen LogP contribution in [0.1, 0.15) is 5.56 Å². The summed E-state index contributed by atoms with van der Waals surface area (Å²) in [5.41, 5.74) is 8.82. The van der Waals surface area contributed by atoms with Crippen molar-refractivity contribution in [1.29, 1.82) is 5.26 Å². The topological polar surface area (TPSA) is 49.8 Å². The molecule has 7 aromatic rings. The standard InChI is InChI=1S/C34H20N2O/c35-19-22-16-27(21-36-20-22)24-12-10-23(11-13-24)26-14-15-30-32(17-26)37-33-18-31(25-6-2-1-3-7-25)28-8-4-5-9-29(28)34(30)33/h1-18,20-21H. The fraction of sp³-hybridized carbons (Fsp3) is 0. The van der Waals surface area contributed by atoms with Crippen LogP contribution < -0.4 is 0 Å². The normalized spacial score (nSPS) is 11.2. The molecule has 2 aromatic heterocycles. The number of furan rings is 1. The predicted molar refractivity (Wildman–Crippen MR) is 150 cm³/mol. The molecule has 0 unspecified atom stereocenters. The maximum absolute atomic E-state index is 9.17. The molecule has 7 rings (SSSR count). The van der Waals surface area contributed by atoms with E-state index in [4.69, 9.17) is 4.42 Å². The third-order valence-electron chi connectivity index (χ3n) is 6.98. The molecule has 3 nitrogen and oxygen atoms in total. The first kappa shape index (κ1) is 21.1. The Morgan fingerprint density at radius 3 is 2.03 bits per heavy atom. The summed E-state index contributed by atoms with van der Waals surface area (Å²) in [7, 11) is 0. The van der Waals surface area contributed by atoms with Crippen molar-refractivity contribution in [3.8, 4) is 39.4 Å². The Labute approximate surface area is 213 Å². The minimum atomic E-state index is 0.555. The molecule has 3 heteroatoms. The summed E-state index contributed by atoms with van der Waals surface area (Å²) in [6.07, 6.45) is 3.36. The minimum Gasteiger partial charge on any atom is -0.456 e. The second-order valence-corrected chi connectivity index (χ2v) is 9.17. The molecule has 0 aliphatic rings. The Morgan fingerprint density at radius 1 is 0.541 bits per heavy atom. The minimum absolute atomic E-state index is 0.555. The van der Waals surface area contributed by atoms with Gasteiger partial charge in [0.2, 0.25) is 0 Å². The number of hydrogen-bond donors (Lipinski definition) is 0. The Hall–Kier alpha value is -5.20. The predicted octanol–water partition coefficient (Wildman–Crippen LogP) is 9.01. The molecule has 0 bridgehead atoms. The van der Waals surface area contributed by atoms with E-state index in [1.54, 1.807) is 12.4 Å². The van der Waals surface area contributed by atoms with Crippen molar-refractivity contribution >= 4 is 32.7 Å². The lowest BCUT2D eigenvalue weighted by Gasteiger charge is -2.08. The van der Waals surface area contributed by atoms with Crippen molar-refractivity contribution in [2.45, 2.75) is 0 Å². The fourth-order valence-electron chi connectivity index (χ4n) is 5.19. The molecule has 0 aliphatic heterocycles. The summed E-state index contributed by atoms with van der Waals surface area (Å²) >= 11 is 0. The molecule has 37 heavy (non-hydrogen) atoms. The second kappa shape index (κ2) is 8.48. The third kappa shape index (κ3) is 3.55. The van der Waals surface area contributed by atoms with Crippen molar-refractivity contribution in [2.75, 3.05) is 0 Å². The highest BCUT2D eigenvalue weighted by Crippen LogP contribution is 2.41. The summed E-state index contributed by atoms with van der Waals surface area (Å²) in [6, 6.07) is 40.0. The molecule has 0 saturated carbocycles. The molecule has 0 spiro atoms. The van der Waals surface area contributed by atoms with E-state index < -0.39 is 0 Å². The number of fused-ring (bicyclic) bond motifs is 5. The van der Waals surface area contributed by atoms with Crippen molar-refractivity contribution in [2.24, 2.45) is 0 Å². The third-order valence-corrected chi connectivity index (χ3v) is 6.98. The van der Waals surface area contributed by atoms with Gasteiger partial charge in [0.05, 0.1) is 5.56 Å². The molecule has 0 aliphatic carbocycles. The fourth-order valence-corrected chi connectivity index (χ4v) is 5.19. The van der Waals surface area contributed by atoms with Crippen LogP contribution in [0.25, 0.3) is 66.1 Å². The molecule has 0 fully saturated rings. The molecule has 5 aromatic carbocycles. The van der Waals surface area contributed by atoms with Crippen LogP contribution >= 0.6 is 0 Å². The van der Waals surface area contributed by atoms with Crippen LogP contribution in [0.4, 0.5) is 0 Å². The van der Waals surface area contributed by atoms with E-state index in [0.29, 0.717) is 5.56 Å². The second-order valence-electron chi connectivity index (χ2n) is 9.17. The van der Waals surface area contributed by atoms with E-state index in [9.17, 15) is 5.26 Å². The smallest absolute Gasteiger partial charge is 0.136 e. The van der Waals surface area contributed by atoms with Gasteiger partial charge < -0.3 is 4.42 Å². The number of aromatic nitrogens is 1. The van der Waals surface area contributed by atoms with Gasteiger partial charge >= 0.3 is 0 Å². The quantitative estimate of drug-likeness (QED) is 0.258. The first-order valence-electron chi connectivity index (χ1n) is 12.2. The van der Waals surface area contributed by atoms with Crippen molar-refractivity contribution in [3.05, 3.63) is 127 Å². The largest absolute Gasteiger partial charge is 0.456 e. The number of benzene rings is 5. The Kier molecular flexibility index (Phi) is 4.84. The SMILES string of the molecule is N#Cc1cncc(-c2ccc(-c3ccc4c(c3)oc3cc(-c5ccccc5)c5ccccc5c34)cc2)c1. The number of nitrogens with zero attached hydrogens (tertiary/aromatic N) is 2. The van der Waals surface area contributed by atoms with Gasteiger partial charge in [-0.1, -0.05) is 84.9 Å². The lowest BCUT2D eigenvalue weighted by Crippen LogP contribution is -1.84. The van der Waals surface area contributed by atoms with Crippen LogP contribution in [-0.2, 0) is 0 Å². The average molecular weight is 473 g/mol. The van der Waals surface area contributed by atoms with Gasteiger partial charge in [0.15, 0.2) is 0 Å². The maximum Gasteiger partial charge on any atom is 0.136 e. The van der Waals surface area contributed by atoms with E-state index >= 15 is 0 Å². The van der Waals surface area contributed by atoms with Gasteiger partial charge in [-0.05, 0) is 62.9 Å². The Morgan fingerprint density at radius 2 is 1.24 bits per heavy atom. The molecular formula is C34H20N2O. The summed E-state index contributed by atoms with van der Waals surface area (Å²) < 4.78 is 6.46. The van der Waals surface area contributed by atoms with Gasteiger partial charge in [-0.2, -0.15) is 5.26 Å². The Bertz CT molecular complexity index is 1980. The maximum atomic E-state index is 9.17. The first-order chi connectivity index (χ1) is 18.3. The zero-order valence-corrected chi connectivity index (χ0v) is 19.8. The summed E-state index contributed by atoms with van der Waals surface area (Å²) in [6.45, 7) is 0. The lowest BCUT2D eigenvalue weighted by molar-refractivity contribution is 0.669. The molecule has 2 heterocycles. The van der Waals surface area contributed by atoms with Gasteiger partial charge in [0.1, 0.15) is 17.2 Å². The zero-order chi connectivity index (χ0) is 24.8. The van der Waals surface area contributed by atoms with E-state index in [2.05, 4.69) is 108 Å². The van der Waals surface area contributed by atoms with Crippen LogP contribution in [0.3, 0.4) is 0 Å². The molecule has 0 atom stereocenters. The highest BCUT2D eigenvalue weighted by molar-refractivity contribution is 6.22.